The number of rotatable bonds is 2. The number of aliphatic hydroxyl groups is 1. The van der Waals surface area contributed by atoms with Gasteiger partial charge in [0, 0.05) is 9.13 Å². The molecule has 0 spiro atoms. The van der Waals surface area contributed by atoms with E-state index in [1.165, 1.54) is 0 Å². The van der Waals surface area contributed by atoms with E-state index >= 15 is 0 Å². The summed E-state index contributed by atoms with van der Waals surface area (Å²) in [5, 5.41) is 10.6. The highest BCUT2D eigenvalue weighted by molar-refractivity contribution is 6.30. The van der Waals surface area contributed by atoms with Crippen LogP contribution < -0.4 is 0 Å². The molecule has 0 saturated heterocycles. The first-order chi connectivity index (χ1) is 12.6. The smallest absolute Gasteiger partial charge is 0.112 e. The molecule has 1 N–H and O–H groups in total. The third-order valence-electron chi connectivity index (χ3n) is 1.82. The van der Waals surface area contributed by atoms with Crippen LogP contribution in [0.5, 0.6) is 0 Å². The van der Waals surface area contributed by atoms with Crippen LogP contribution in [-0.4, -0.2) is 5.11 Å². The van der Waals surface area contributed by atoms with Crippen molar-refractivity contribution in [1.82, 2.24) is 0 Å². The minimum absolute atomic E-state index is 0.618. The van der Waals surface area contributed by atoms with Gasteiger partial charge >= 0.3 is 0 Å². The molecule has 2 aromatic carbocycles. The molecule has 1 atom stereocenters. The fourth-order valence-corrected chi connectivity index (χ4v) is 1.13. The van der Waals surface area contributed by atoms with Gasteiger partial charge in [0.15, 0.2) is 0 Å². The largest absolute Gasteiger partial charge is 0.381 e. The van der Waals surface area contributed by atoms with E-state index in [0.29, 0.717) is 0 Å². The SMILES string of the molecule is [2H]c1c([2H])c([2H])c(C(O)(c2c([2H])c([2H])c(Cl)c([2H])c2[2H])C([2H])([2H])[2H])c([2H])c1[2H]. The molecule has 0 saturated carbocycles. The summed E-state index contributed by atoms with van der Waals surface area (Å²) in [4.78, 5) is 0. The Morgan fingerprint density at radius 3 is 2.19 bits per heavy atom. The van der Waals surface area contributed by atoms with Crippen molar-refractivity contribution in [3.63, 3.8) is 0 Å². The normalized spacial score (nSPS) is 25.9. The molecule has 0 radical (unpaired) electrons. The van der Waals surface area contributed by atoms with Gasteiger partial charge in [-0.15, -0.1) is 0 Å². The van der Waals surface area contributed by atoms with Crippen molar-refractivity contribution in [1.29, 1.82) is 0 Å². The molecule has 0 fully saturated rings. The molecule has 2 heteroatoms. The third-order valence-corrected chi connectivity index (χ3v) is 2.01. The second-order valence-corrected chi connectivity index (χ2v) is 3.28. The van der Waals surface area contributed by atoms with Crippen molar-refractivity contribution in [2.24, 2.45) is 0 Å². The van der Waals surface area contributed by atoms with Crippen molar-refractivity contribution < 1.29 is 21.6 Å². The Bertz CT molecular complexity index is 856. The van der Waals surface area contributed by atoms with E-state index in [1.54, 1.807) is 0 Å². The van der Waals surface area contributed by atoms with Crippen LogP contribution in [0, 0.1) is 0 Å². The molecule has 0 amide bonds. The molecule has 0 aliphatic heterocycles. The lowest BCUT2D eigenvalue weighted by atomic mass is 9.88. The van der Waals surface area contributed by atoms with Crippen LogP contribution in [0.1, 0.15) is 34.4 Å². The van der Waals surface area contributed by atoms with Crippen molar-refractivity contribution in [3.8, 4) is 0 Å². The fourth-order valence-electron chi connectivity index (χ4n) is 1.03. The van der Waals surface area contributed by atoms with Gasteiger partial charge < -0.3 is 5.11 Å². The Kier molecular flexibility index (Phi) is 0.961. The summed E-state index contributed by atoms with van der Waals surface area (Å²) < 4.78 is 93.9. The molecule has 16 heavy (non-hydrogen) atoms. The van der Waals surface area contributed by atoms with Crippen LogP contribution in [0.3, 0.4) is 0 Å². The molecule has 0 aromatic heterocycles. The average molecular weight is 245 g/mol. The van der Waals surface area contributed by atoms with E-state index in [0.717, 1.165) is 0 Å². The molecular formula is C14H13ClO. The van der Waals surface area contributed by atoms with E-state index in [2.05, 4.69) is 0 Å². The highest BCUT2D eigenvalue weighted by atomic mass is 35.5. The van der Waals surface area contributed by atoms with Crippen LogP contribution in [0.4, 0.5) is 0 Å². The van der Waals surface area contributed by atoms with E-state index in [1.807, 2.05) is 0 Å². The summed E-state index contributed by atoms with van der Waals surface area (Å²) in [6.45, 7) is -3.53. The van der Waals surface area contributed by atoms with E-state index in [9.17, 15) is 5.11 Å². The van der Waals surface area contributed by atoms with Gasteiger partial charge in [0.2, 0.25) is 0 Å². The molecule has 0 aliphatic rings. The monoisotopic (exact) mass is 244 g/mol. The molecule has 1 unspecified atom stereocenters. The second-order valence-electron chi connectivity index (χ2n) is 2.90. The lowest BCUT2D eigenvalue weighted by molar-refractivity contribution is 0.102. The van der Waals surface area contributed by atoms with Gasteiger partial charge in [-0.1, -0.05) is 53.9 Å². The topological polar surface area (TPSA) is 20.2 Å². The zero-order valence-corrected chi connectivity index (χ0v) is 8.58. The summed E-state index contributed by atoms with van der Waals surface area (Å²) in [6.07, 6.45) is 0. The highest BCUT2D eigenvalue weighted by Gasteiger charge is 2.24. The summed E-state index contributed by atoms with van der Waals surface area (Å²) >= 11 is 5.71. The molecule has 2 aromatic rings. The van der Waals surface area contributed by atoms with Gasteiger partial charge in [-0.3, -0.25) is 0 Å². The molecule has 82 valence electrons. The van der Waals surface area contributed by atoms with Crippen molar-refractivity contribution >= 4 is 11.6 Å². The molecule has 0 aliphatic carbocycles. The maximum absolute atomic E-state index is 11.2. The van der Waals surface area contributed by atoms with Crippen LogP contribution in [0.25, 0.3) is 0 Å². The lowest BCUT2D eigenvalue weighted by Gasteiger charge is -2.24. The first-order valence-corrected chi connectivity index (χ1v) is 4.54. The van der Waals surface area contributed by atoms with E-state index < -0.39 is 83.0 Å². The quantitative estimate of drug-likeness (QED) is 0.856. The number of halogens is 1. The van der Waals surface area contributed by atoms with Crippen molar-refractivity contribution in [3.05, 3.63) is 70.5 Å². The van der Waals surface area contributed by atoms with Gasteiger partial charge in [0.05, 0.1) is 12.3 Å². The molecular weight excluding hydrogens is 220 g/mol. The zero-order chi connectivity index (χ0) is 21.9. The van der Waals surface area contributed by atoms with Crippen LogP contribution in [0.15, 0.2) is 54.4 Å². The first kappa shape index (κ1) is 3.59. The Balaban J connectivity index is 3.17. The molecule has 2 rings (SSSR count). The standard InChI is InChI=1S/C14H13ClO/c1-14(16,11-5-3-2-4-6-11)12-7-9-13(15)10-8-12/h2-10,16H,1H3/i1D3,2D,3D,4D,5D,6D,7D,8D,9D,10D. The maximum Gasteiger partial charge on any atom is 0.112 e. The van der Waals surface area contributed by atoms with Crippen molar-refractivity contribution in [2.75, 3.05) is 0 Å². The van der Waals surface area contributed by atoms with Crippen LogP contribution >= 0.6 is 11.6 Å². The number of benzene rings is 2. The van der Waals surface area contributed by atoms with Crippen LogP contribution in [0.2, 0.25) is 5.02 Å². The minimum atomic E-state index is -3.53. The van der Waals surface area contributed by atoms with E-state index in [-0.39, 0.29) is 0 Å². The number of hydrogen-bond donors (Lipinski definition) is 1. The fraction of sp³-hybridized carbons (Fsp3) is 0.143. The first-order valence-electron chi connectivity index (χ1n) is 10.2. The Hall–Kier alpha value is -1.31. The molecule has 0 bridgehead atoms. The highest BCUT2D eigenvalue weighted by Crippen LogP contribution is 2.29. The summed E-state index contributed by atoms with van der Waals surface area (Å²) in [7, 11) is 0. The third kappa shape index (κ3) is 2.11. The molecule has 0 heterocycles. The summed E-state index contributed by atoms with van der Waals surface area (Å²) in [6, 6.07) is -8.46. The van der Waals surface area contributed by atoms with Gasteiger partial charge in [-0.2, -0.15) is 0 Å². The lowest BCUT2D eigenvalue weighted by Crippen LogP contribution is -2.22. The van der Waals surface area contributed by atoms with E-state index in [4.69, 9.17) is 28.1 Å². The summed E-state index contributed by atoms with van der Waals surface area (Å²) in [5.74, 6) is 0. The van der Waals surface area contributed by atoms with Gasteiger partial charge in [0.1, 0.15) is 5.60 Å². The Labute approximate surface area is 117 Å². The van der Waals surface area contributed by atoms with Crippen molar-refractivity contribution in [2.45, 2.75) is 12.5 Å². The Morgan fingerprint density at radius 2 is 1.62 bits per heavy atom. The molecule has 1 nitrogen and oxygen atoms in total. The average Bonchev–Trinajstić information content (AvgIpc) is 2.60. The predicted octanol–water partition coefficient (Wildman–Crippen LogP) is 3.60. The summed E-state index contributed by atoms with van der Waals surface area (Å²) in [5.41, 5.74) is -5.59. The van der Waals surface area contributed by atoms with Crippen LogP contribution in [-0.2, 0) is 5.60 Å². The number of hydrogen-bond acceptors (Lipinski definition) is 1. The Morgan fingerprint density at radius 1 is 1.06 bits per heavy atom. The second kappa shape index (κ2) is 4.28. The predicted molar refractivity (Wildman–Crippen MR) is 66.6 cm³/mol. The minimum Gasteiger partial charge on any atom is -0.381 e. The zero-order valence-electron chi connectivity index (χ0n) is 19.8. The van der Waals surface area contributed by atoms with Gasteiger partial charge in [-0.05, 0) is 30.1 Å². The maximum atomic E-state index is 11.2. The van der Waals surface area contributed by atoms with Gasteiger partial charge in [0.25, 0.3) is 0 Å². The van der Waals surface area contributed by atoms with Gasteiger partial charge in [-0.25, -0.2) is 0 Å².